The van der Waals surface area contributed by atoms with Crippen LogP contribution in [0.15, 0.2) is 0 Å². The minimum atomic E-state index is -4.46. The minimum absolute atomic E-state index is 0.0252. The van der Waals surface area contributed by atoms with Crippen molar-refractivity contribution in [2.24, 2.45) is 11.7 Å². The third kappa shape index (κ3) is 5.80. The average Bonchev–Trinajstić information content (AvgIpc) is 1.96. The first-order chi connectivity index (χ1) is 6.26. The molecule has 1 unspecified atom stereocenters. The van der Waals surface area contributed by atoms with Crippen LogP contribution in [0.1, 0.15) is 20.3 Å². The lowest BCUT2D eigenvalue weighted by Crippen LogP contribution is -2.44. The van der Waals surface area contributed by atoms with Gasteiger partial charge in [-0.3, -0.25) is 4.79 Å². The number of carbonyl (C=O) groups excluding carboxylic acids is 1. The lowest BCUT2D eigenvalue weighted by Gasteiger charge is -2.20. The summed E-state index contributed by atoms with van der Waals surface area (Å²) < 4.78 is 35.3. The van der Waals surface area contributed by atoms with E-state index in [1.807, 2.05) is 0 Å². The number of nitrogens with two attached hydrogens (primary N) is 1. The van der Waals surface area contributed by atoms with Crippen molar-refractivity contribution in [2.45, 2.75) is 32.5 Å². The standard InChI is InChI=1S/C8H15F3N2O/c1-5(2)6(4-12)13-7(14)3-8(9,10)11/h5-6H,3-4,12H2,1-2H3,(H,13,14). The molecule has 0 aromatic rings. The van der Waals surface area contributed by atoms with E-state index < -0.39 is 24.5 Å². The fourth-order valence-electron chi connectivity index (χ4n) is 0.938. The van der Waals surface area contributed by atoms with Gasteiger partial charge in [-0.15, -0.1) is 0 Å². The topological polar surface area (TPSA) is 55.1 Å². The summed E-state index contributed by atoms with van der Waals surface area (Å²) >= 11 is 0. The Labute approximate surface area is 80.8 Å². The maximum absolute atomic E-state index is 11.8. The highest BCUT2D eigenvalue weighted by Gasteiger charge is 2.32. The van der Waals surface area contributed by atoms with E-state index in [1.54, 1.807) is 13.8 Å². The summed E-state index contributed by atoms with van der Waals surface area (Å²) in [6, 6.07) is -0.398. The van der Waals surface area contributed by atoms with Crippen LogP contribution in [0.4, 0.5) is 13.2 Å². The van der Waals surface area contributed by atoms with Crippen LogP contribution in [0.5, 0.6) is 0 Å². The quantitative estimate of drug-likeness (QED) is 0.731. The molecule has 0 saturated heterocycles. The number of hydrogen-bond acceptors (Lipinski definition) is 2. The molecule has 1 atom stereocenters. The zero-order valence-corrected chi connectivity index (χ0v) is 8.19. The van der Waals surface area contributed by atoms with Gasteiger partial charge in [-0.05, 0) is 5.92 Å². The van der Waals surface area contributed by atoms with Gasteiger partial charge in [-0.1, -0.05) is 13.8 Å². The molecule has 3 nitrogen and oxygen atoms in total. The molecule has 84 valence electrons. The molecule has 0 saturated carbocycles. The van der Waals surface area contributed by atoms with E-state index in [0.29, 0.717) is 0 Å². The number of rotatable bonds is 4. The lowest BCUT2D eigenvalue weighted by atomic mass is 10.0. The van der Waals surface area contributed by atoms with Crippen LogP contribution in [-0.2, 0) is 4.79 Å². The Balaban J connectivity index is 4.04. The van der Waals surface area contributed by atoms with Crippen molar-refractivity contribution < 1.29 is 18.0 Å². The predicted molar refractivity (Wildman–Crippen MR) is 46.5 cm³/mol. The first-order valence-electron chi connectivity index (χ1n) is 4.32. The van der Waals surface area contributed by atoms with E-state index in [9.17, 15) is 18.0 Å². The molecule has 14 heavy (non-hydrogen) atoms. The fourth-order valence-corrected chi connectivity index (χ4v) is 0.938. The number of halogens is 3. The highest BCUT2D eigenvalue weighted by Crippen LogP contribution is 2.19. The average molecular weight is 212 g/mol. The molecule has 6 heteroatoms. The molecule has 0 aliphatic heterocycles. The van der Waals surface area contributed by atoms with E-state index in [1.165, 1.54) is 0 Å². The van der Waals surface area contributed by atoms with Crippen molar-refractivity contribution in [3.05, 3.63) is 0 Å². The smallest absolute Gasteiger partial charge is 0.352 e. The van der Waals surface area contributed by atoms with Crippen molar-refractivity contribution >= 4 is 5.91 Å². The van der Waals surface area contributed by atoms with Gasteiger partial charge in [0.05, 0.1) is 0 Å². The maximum atomic E-state index is 11.8. The molecule has 0 aromatic heterocycles. The fraction of sp³-hybridized carbons (Fsp3) is 0.875. The molecule has 0 rings (SSSR count). The van der Waals surface area contributed by atoms with E-state index >= 15 is 0 Å². The van der Waals surface area contributed by atoms with E-state index in [4.69, 9.17) is 5.73 Å². The van der Waals surface area contributed by atoms with Crippen molar-refractivity contribution in [2.75, 3.05) is 6.54 Å². The second kappa shape index (κ2) is 5.19. The van der Waals surface area contributed by atoms with E-state index in [0.717, 1.165) is 0 Å². The molecule has 0 radical (unpaired) electrons. The third-order valence-electron chi connectivity index (χ3n) is 1.77. The highest BCUT2D eigenvalue weighted by atomic mass is 19.4. The van der Waals surface area contributed by atoms with Crippen LogP contribution in [0.2, 0.25) is 0 Å². The van der Waals surface area contributed by atoms with Gasteiger partial charge in [0.2, 0.25) is 5.91 Å². The summed E-state index contributed by atoms with van der Waals surface area (Å²) in [6.45, 7) is 3.71. The second-order valence-electron chi connectivity index (χ2n) is 3.45. The normalized spacial score (nSPS) is 14.2. The molecule has 0 aliphatic rings. The molecule has 0 spiro atoms. The molecule has 0 aromatic carbocycles. The minimum Gasteiger partial charge on any atom is -0.352 e. The van der Waals surface area contributed by atoms with E-state index in [-0.39, 0.29) is 12.5 Å². The van der Waals surface area contributed by atoms with Crippen LogP contribution in [0, 0.1) is 5.92 Å². The van der Waals surface area contributed by atoms with Crippen LogP contribution in [0.25, 0.3) is 0 Å². The Bertz CT molecular complexity index is 192. The first-order valence-corrected chi connectivity index (χ1v) is 4.32. The summed E-state index contributed by atoms with van der Waals surface area (Å²) in [5.74, 6) is -1.00. The summed E-state index contributed by atoms with van der Waals surface area (Å²) in [5, 5.41) is 2.24. The van der Waals surface area contributed by atoms with Crippen LogP contribution in [-0.4, -0.2) is 24.7 Å². The van der Waals surface area contributed by atoms with Crippen molar-refractivity contribution in [3.8, 4) is 0 Å². The van der Waals surface area contributed by atoms with Crippen molar-refractivity contribution in [1.82, 2.24) is 5.32 Å². The molecule has 1 amide bonds. The Hall–Kier alpha value is -0.780. The first kappa shape index (κ1) is 13.2. The second-order valence-corrected chi connectivity index (χ2v) is 3.45. The van der Waals surface area contributed by atoms with Crippen molar-refractivity contribution in [1.29, 1.82) is 0 Å². The molecular formula is C8H15F3N2O. The number of alkyl halides is 3. The van der Waals surface area contributed by atoms with Gasteiger partial charge in [0, 0.05) is 12.6 Å². The Morgan fingerprint density at radius 1 is 1.43 bits per heavy atom. The van der Waals surface area contributed by atoms with Gasteiger partial charge >= 0.3 is 6.18 Å². The Kier molecular flexibility index (Phi) is 4.90. The lowest BCUT2D eigenvalue weighted by molar-refractivity contribution is -0.154. The summed E-state index contributed by atoms with van der Waals surface area (Å²) in [6.07, 6.45) is -5.91. The molecular weight excluding hydrogens is 197 g/mol. The maximum Gasteiger partial charge on any atom is 0.397 e. The predicted octanol–water partition coefficient (Wildman–Crippen LogP) is 1.04. The number of amides is 1. The highest BCUT2D eigenvalue weighted by molar-refractivity contribution is 5.76. The summed E-state index contributed by atoms with van der Waals surface area (Å²) in [7, 11) is 0. The third-order valence-corrected chi connectivity index (χ3v) is 1.77. The Morgan fingerprint density at radius 3 is 2.21 bits per heavy atom. The van der Waals surface area contributed by atoms with Gasteiger partial charge in [-0.2, -0.15) is 13.2 Å². The van der Waals surface area contributed by atoms with Crippen LogP contribution < -0.4 is 11.1 Å². The molecule has 0 fully saturated rings. The van der Waals surface area contributed by atoms with Crippen LogP contribution >= 0.6 is 0 Å². The van der Waals surface area contributed by atoms with E-state index in [2.05, 4.69) is 5.32 Å². The number of nitrogens with one attached hydrogen (secondary N) is 1. The van der Waals surface area contributed by atoms with Gasteiger partial charge in [0.15, 0.2) is 0 Å². The van der Waals surface area contributed by atoms with Gasteiger partial charge in [0.25, 0.3) is 0 Å². The number of hydrogen-bond donors (Lipinski definition) is 2. The van der Waals surface area contributed by atoms with Crippen molar-refractivity contribution in [3.63, 3.8) is 0 Å². The molecule has 0 aliphatic carbocycles. The largest absolute Gasteiger partial charge is 0.397 e. The van der Waals surface area contributed by atoms with Gasteiger partial charge in [0.1, 0.15) is 6.42 Å². The summed E-state index contributed by atoms with van der Waals surface area (Å²) in [5.41, 5.74) is 5.29. The molecule has 0 heterocycles. The monoisotopic (exact) mass is 212 g/mol. The van der Waals surface area contributed by atoms with Gasteiger partial charge in [-0.25, -0.2) is 0 Å². The van der Waals surface area contributed by atoms with Crippen LogP contribution in [0.3, 0.4) is 0 Å². The zero-order valence-electron chi connectivity index (χ0n) is 8.19. The Morgan fingerprint density at radius 2 is 1.93 bits per heavy atom. The molecule has 0 bridgehead atoms. The van der Waals surface area contributed by atoms with Gasteiger partial charge < -0.3 is 11.1 Å². The SMILES string of the molecule is CC(C)C(CN)NC(=O)CC(F)(F)F. The number of carbonyl (C=O) groups is 1. The molecule has 3 N–H and O–H groups in total. The summed E-state index contributed by atoms with van der Waals surface area (Å²) in [4.78, 5) is 10.8. The zero-order chi connectivity index (χ0) is 11.4.